The van der Waals surface area contributed by atoms with Gasteiger partial charge in [-0.15, -0.1) is 0 Å². The van der Waals surface area contributed by atoms with E-state index < -0.39 is 0 Å². The van der Waals surface area contributed by atoms with Gasteiger partial charge in [0.1, 0.15) is 18.1 Å². The van der Waals surface area contributed by atoms with Crippen LogP contribution in [-0.4, -0.2) is 7.11 Å². The van der Waals surface area contributed by atoms with Crippen molar-refractivity contribution < 1.29 is 14.2 Å². The molecule has 0 radical (unpaired) electrons. The Bertz CT molecular complexity index is 1200. The van der Waals surface area contributed by atoms with Crippen molar-refractivity contribution >= 4 is 28.9 Å². The SMILES string of the molecule is COc1cc(CNc2ccc(Oc3ccccc3)cc2)ccc1OCc1ccc(Cl)cc1Cl. The number of methoxy groups -OCH3 is 1. The Labute approximate surface area is 203 Å². The molecule has 0 spiro atoms. The maximum atomic E-state index is 6.23. The lowest BCUT2D eigenvalue weighted by Crippen LogP contribution is -2.02. The highest BCUT2D eigenvalue weighted by molar-refractivity contribution is 6.35. The van der Waals surface area contributed by atoms with Crippen LogP contribution in [0.2, 0.25) is 10.0 Å². The molecule has 0 amide bonds. The molecule has 4 aromatic carbocycles. The summed E-state index contributed by atoms with van der Waals surface area (Å²) in [6.45, 7) is 0.958. The monoisotopic (exact) mass is 479 g/mol. The normalized spacial score (nSPS) is 10.5. The van der Waals surface area contributed by atoms with Crippen LogP contribution in [0.15, 0.2) is 91.0 Å². The van der Waals surface area contributed by atoms with Gasteiger partial charge in [0.2, 0.25) is 0 Å². The standard InChI is InChI=1S/C27H23Cl2NO3/c1-31-27-15-19(7-14-26(27)32-18-20-8-9-21(28)16-25(20)29)17-30-22-10-12-24(13-11-22)33-23-5-3-2-4-6-23/h2-16,30H,17-18H2,1H3. The number of nitrogens with one attached hydrogen (secondary N) is 1. The van der Waals surface area contributed by atoms with E-state index >= 15 is 0 Å². The minimum atomic E-state index is 0.321. The second-order valence-corrected chi connectivity index (χ2v) is 8.15. The Morgan fingerprint density at radius 2 is 1.52 bits per heavy atom. The highest BCUT2D eigenvalue weighted by atomic mass is 35.5. The average Bonchev–Trinajstić information content (AvgIpc) is 2.84. The molecule has 1 N–H and O–H groups in total. The maximum Gasteiger partial charge on any atom is 0.161 e. The fraction of sp³-hybridized carbons (Fsp3) is 0.111. The van der Waals surface area contributed by atoms with E-state index in [9.17, 15) is 0 Å². The van der Waals surface area contributed by atoms with Gasteiger partial charge in [-0.3, -0.25) is 0 Å². The van der Waals surface area contributed by atoms with Gasteiger partial charge in [0, 0.05) is 27.8 Å². The molecule has 168 valence electrons. The van der Waals surface area contributed by atoms with E-state index in [0.717, 1.165) is 28.3 Å². The molecule has 0 saturated carbocycles. The van der Waals surface area contributed by atoms with E-state index in [1.54, 1.807) is 19.2 Å². The van der Waals surface area contributed by atoms with Crippen molar-refractivity contribution in [2.75, 3.05) is 12.4 Å². The summed E-state index contributed by atoms with van der Waals surface area (Å²) in [5.41, 5.74) is 2.91. The van der Waals surface area contributed by atoms with Gasteiger partial charge in [0.05, 0.1) is 7.11 Å². The molecule has 0 atom stereocenters. The van der Waals surface area contributed by atoms with E-state index in [1.807, 2.05) is 78.9 Å². The Morgan fingerprint density at radius 1 is 0.758 bits per heavy atom. The number of hydrogen-bond donors (Lipinski definition) is 1. The van der Waals surface area contributed by atoms with E-state index in [4.69, 9.17) is 37.4 Å². The number of rotatable bonds is 9. The van der Waals surface area contributed by atoms with E-state index in [1.165, 1.54) is 0 Å². The zero-order chi connectivity index (χ0) is 23.0. The zero-order valence-electron chi connectivity index (χ0n) is 18.1. The van der Waals surface area contributed by atoms with Gasteiger partial charge in [-0.05, 0) is 66.2 Å². The minimum Gasteiger partial charge on any atom is -0.493 e. The summed E-state index contributed by atoms with van der Waals surface area (Å²) in [5, 5.41) is 4.58. The molecule has 0 saturated heterocycles. The Balaban J connectivity index is 1.34. The average molecular weight is 480 g/mol. The fourth-order valence-electron chi connectivity index (χ4n) is 3.21. The molecule has 33 heavy (non-hydrogen) atoms. The third-order valence-corrected chi connectivity index (χ3v) is 5.54. The minimum absolute atomic E-state index is 0.321. The van der Waals surface area contributed by atoms with Gasteiger partial charge in [-0.2, -0.15) is 0 Å². The fourth-order valence-corrected chi connectivity index (χ4v) is 3.67. The van der Waals surface area contributed by atoms with Crippen molar-refractivity contribution in [2.24, 2.45) is 0 Å². The molecule has 0 heterocycles. The summed E-state index contributed by atoms with van der Waals surface area (Å²) >= 11 is 12.2. The topological polar surface area (TPSA) is 39.7 Å². The summed E-state index contributed by atoms with van der Waals surface area (Å²) in [7, 11) is 1.63. The van der Waals surface area contributed by atoms with Crippen LogP contribution in [0.25, 0.3) is 0 Å². The number of anilines is 1. The molecule has 4 rings (SSSR count). The van der Waals surface area contributed by atoms with E-state index in [2.05, 4.69) is 5.32 Å². The number of ether oxygens (including phenoxy) is 3. The van der Waals surface area contributed by atoms with Crippen LogP contribution in [-0.2, 0) is 13.2 Å². The molecule has 4 nitrogen and oxygen atoms in total. The van der Waals surface area contributed by atoms with Crippen LogP contribution in [0.3, 0.4) is 0 Å². The van der Waals surface area contributed by atoms with Gasteiger partial charge >= 0.3 is 0 Å². The molecule has 0 fully saturated rings. The number of halogens is 2. The lowest BCUT2D eigenvalue weighted by atomic mass is 10.2. The van der Waals surface area contributed by atoms with E-state index in [-0.39, 0.29) is 0 Å². The summed E-state index contributed by atoms with van der Waals surface area (Å²) in [6, 6.07) is 28.8. The first kappa shape index (κ1) is 22.8. The molecule has 0 unspecified atom stereocenters. The van der Waals surface area contributed by atoms with Crippen LogP contribution in [0.5, 0.6) is 23.0 Å². The van der Waals surface area contributed by atoms with Crippen molar-refractivity contribution in [2.45, 2.75) is 13.2 Å². The van der Waals surface area contributed by atoms with Crippen molar-refractivity contribution in [1.82, 2.24) is 0 Å². The van der Waals surface area contributed by atoms with Gasteiger partial charge in [0.15, 0.2) is 11.5 Å². The third-order valence-electron chi connectivity index (χ3n) is 4.96. The van der Waals surface area contributed by atoms with Gasteiger partial charge in [0.25, 0.3) is 0 Å². The van der Waals surface area contributed by atoms with Crippen LogP contribution >= 0.6 is 23.2 Å². The second-order valence-electron chi connectivity index (χ2n) is 7.30. The first-order valence-electron chi connectivity index (χ1n) is 10.4. The van der Waals surface area contributed by atoms with E-state index in [0.29, 0.717) is 34.7 Å². The molecular weight excluding hydrogens is 457 g/mol. The Hall–Kier alpha value is -3.34. The largest absolute Gasteiger partial charge is 0.493 e. The second kappa shape index (κ2) is 11.0. The molecule has 6 heteroatoms. The molecule has 0 aromatic heterocycles. The van der Waals surface area contributed by atoms with Crippen LogP contribution in [0, 0.1) is 0 Å². The summed E-state index contributed by atoms with van der Waals surface area (Å²) in [5.74, 6) is 2.90. The molecular formula is C27H23Cl2NO3. The first-order valence-corrected chi connectivity index (χ1v) is 11.2. The van der Waals surface area contributed by atoms with Crippen molar-refractivity contribution in [1.29, 1.82) is 0 Å². The quantitative estimate of drug-likeness (QED) is 0.264. The van der Waals surface area contributed by atoms with Crippen molar-refractivity contribution in [3.05, 3.63) is 112 Å². The summed E-state index contributed by atoms with van der Waals surface area (Å²) in [6.07, 6.45) is 0. The maximum absolute atomic E-state index is 6.23. The first-order chi connectivity index (χ1) is 16.1. The highest BCUT2D eigenvalue weighted by Gasteiger charge is 2.09. The molecule has 0 aliphatic rings. The highest BCUT2D eigenvalue weighted by Crippen LogP contribution is 2.31. The van der Waals surface area contributed by atoms with Gasteiger partial charge < -0.3 is 19.5 Å². The summed E-state index contributed by atoms with van der Waals surface area (Å²) in [4.78, 5) is 0. The third kappa shape index (κ3) is 6.35. The van der Waals surface area contributed by atoms with Crippen LogP contribution in [0.1, 0.15) is 11.1 Å². The molecule has 4 aromatic rings. The predicted octanol–water partition coefficient (Wildman–Crippen LogP) is 7.99. The Morgan fingerprint density at radius 3 is 2.24 bits per heavy atom. The molecule has 0 aliphatic heterocycles. The Kier molecular flexibility index (Phi) is 7.61. The number of hydrogen-bond acceptors (Lipinski definition) is 4. The lowest BCUT2D eigenvalue weighted by Gasteiger charge is -2.14. The predicted molar refractivity (Wildman–Crippen MR) is 134 cm³/mol. The smallest absolute Gasteiger partial charge is 0.161 e. The van der Waals surface area contributed by atoms with Gasteiger partial charge in [-0.1, -0.05) is 53.5 Å². The van der Waals surface area contributed by atoms with Crippen LogP contribution in [0.4, 0.5) is 5.69 Å². The van der Waals surface area contributed by atoms with Crippen molar-refractivity contribution in [3.63, 3.8) is 0 Å². The van der Waals surface area contributed by atoms with Crippen molar-refractivity contribution in [3.8, 4) is 23.0 Å². The van der Waals surface area contributed by atoms with Gasteiger partial charge in [-0.25, -0.2) is 0 Å². The molecule has 0 bridgehead atoms. The lowest BCUT2D eigenvalue weighted by molar-refractivity contribution is 0.284. The molecule has 0 aliphatic carbocycles. The number of benzene rings is 4. The zero-order valence-corrected chi connectivity index (χ0v) is 19.6. The van der Waals surface area contributed by atoms with Crippen LogP contribution < -0.4 is 19.5 Å². The summed E-state index contributed by atoms with van der Waals surface area (Å²) < 4.78 is 17.3. The number of para-hydroxylation sites is 1.